The lowest BCUT2D eigenvalue weighted by Crippen LogP contribution is -2.32. The van der Waals surface area contributed by atoms with E-state index < -0.39 is 0 Å². The van der Waals surface area contributed by atoms with E-state index in [2.05, 4.69) is 5.32 Å². The van der Waals surface area contributed by atoms with Crippen molar-refractivity contribution < 1.29 is 9.50 Å². The van der Waals surface area contributed by atoms with Crippen molar-refractivity contribution >= 4 is 12.4 Å². The molecule has 0 amide bonds. The molecule has 1 aliphatic rings. The van der Waals surface area contributed by atoms with Gasteiger partial charge in [-0.05, 0) is 31.0 Å². The first-order chi connectivity index (χ1) is 6.60. The van der Waals surface area contributed by atoms with Crippen LogP contribution in [0.25, 0.3) is 0 Å². The smallest absolute Gasteiger partial charge is 0.123 e. The van der Waals surface area contributed by atoms with E-state index in [0.717, 1.165) is 5.56 Å². The van der Waals surface area contributed by atoms with Gasteiger partial charge in [0.05, 0.1) is 6.10 Å². The molecule has 0 bridgehead atoms. The van der Waals surface area contributed by atoms with Crippen LogP contribution in [0, 0.1) is 5.82 Å². The zero-order valence-electron chi connectivity index (χ0n) is 8.53. The van der Waals surface area contributed by atoms with Gasteiger partial charge in [-0.2, -0.15) is 0 Å². The van der Waals surface area contributed by atoms with Gasteiger partial charge in [-0.1, -0.05) is 12.1 Å². The highest BCUT2D eigenvalue weighted by Crippen LogP contribution is 2.30. The Hall–Kier alpha value is -0.640. The van der Waals surface area contributed by atoms with E-state index in [4.69, 9.17) is 0 Å². The van der Waals surface area contributed by atoms with Gasteiger partial charge in [-0.15, -0.1) is 12.4 Å². The van der Waals surface area contributed by atoms with Crippen LogP contribution in [0.5, 0.6) is 0 Å². The van der Waals surface area contributed by atoms with Crippen molar-refractivity contribution in [1.82, 2.24) is 5.32 Å². The minimum atomic E-state index is -0.301. The maximum Gasteiger partial charge on any atom is 0.123 e. The summed E-state index contributed by atoms with van der Waals surface area (Å²) in [5, 5.41) is 12.7. The number of aliphatic hydroxyl groups is 1. The van der Waals surface area contributed by atoms with Gasteiger partial charge in [-0.3, -0.25) is 0 Å². The molecule has 15 heavy (non-hydrogen) atoms. The Morgan fingerprint density at radius 3 is 2.47 bits per heavy atom. The van der Waals surface area contributed by atoms with Gasteiger partial charge in [0, 0.05) is 12.1 Å². The predicted octanol–water partition coefficient (Wildman–Crippen LogP) is 1.82. The summed E-state index contributed by atoms with van der Waals surface area (Å²) in [4.78, 5) is 0. The summed E-state index contributed by atoms with van der Waals surface area (Å²) >= 11 is 0. The van der Waals surface area contributed by atoms with Crippen molar-refractivity contribution in [3.63, 3.8) is 0 Å². The molecule has 1 aromatic rings. The Morgan fingerprint density at radius 1 is 1.40 bits per heavy atom. The summed E-state index contributed by atoms with van der Waals surface area (Å²) in [6.45, 7) is 2.63. The summed E-state index contributed by atoms with van der Waals surface area (Å²) in [5.41, 5.74) is 0.808. The Morgan fingerprint density at radius 2 is 2.00 bits per heavy atom. The molecule has 2 nitrogen and oxygen atoms in total. The molecule has 1 fully saturated rings. The van der Waals surface area contributed by atoms with Crippen LogP contribution in [-0.2, 0) is 5.54 Å². The number of β-amino-alcohol motifs (C(OH)–C–C–N with tert-alkyl or cyclic N) is 1. The van der Waals surface area contributed by atoms with E-state index >= 15 is 0 Å². The Bertz CT molecular complexity index is 330. The van der Waals surface area contributed by atoms with Crippen LogP contribution in [0.2, 0.25) is 0 Å². The molecule has 1 saturated heterocycles. The lowest BCUT2D eigenvalue weighted by Gasteiger charge is -2.24. The molecule has 84 valence electrons. The molecule has 0 aliphatic carbocycles. The molecule has 2 unspecified atom stereocenters. The molecule has 1 aromatic carbocycles. The van der Waals surface area contributed by atoms with Gasteiger partial charge < -0.3 is 10.4 Å². The molecule has 0 saturated carbocycles. The van der Waals surface area contributed by atoms with Crippen LogP contribution < -0.4 is 5.32 Å². The van der Waals surface area contributed by atoms with Gasteiger partial charge in [0.2, 0.25) is 0 Å². The average Bonchev–Trinajstić information content (AvgIpc) is 2.48. The maximum atomic E-state index is 12.7. The van der Waals surface area contributed by atoms with E-state index in [1.807, 2.05) is 6.92 Å². The fourth-order valence-electron chi connectivity index (χ4n) is 2.00. The fourth-order valence-corrected chi connectivity index (χ4v) is 2.00. The van der Waals surface area contributed by atoms with Gasteiger partial charge in [0.15, 0.2) is 0 Å². The van der Waals surface area contributed by atoms with Crippen molar-refractivity contribution in [2.24, 2.45) is 0 Å². The van der Waals surface area contributed by atoms with E-state index in [9.17, 15) is 9.50 Å². The van der Waals surface area contributed by atoms with E-state index in [-0.39, 0.29) is 29.9 Å². The minimum Gasteiger partial charge on any atom is -0.392 e. The highest BCUT2D eigenvalue weighted by molar-refractivity contribution is 5.85. The number of aliphatic hydroxyl groups excluding tert-OH is 1. The molecule has 2 N–H and O–H groups in total. The second kappa shape index (κ2) is 4.47. The highest BCUT2D eigenvalue weighted by Gasteiger charge is 2.34. The zero-order chi connectivity index (χ0) is 10.2. The third kappa shape index (κ3) is 2.48. The van der Waals surface area contributed by atoms with Crippen molar-refractivity contribution in [3.8, 4) is 0 Å². The van der Waals surface area contributed by atoms with Gasteiger partial charge in [-0.25, -0.2) is 4.39 Å². The van der Waals surface area contributed by atoms with Crippen LogP contribution in [0.4, 0.5) is 4.39 Å². The predicted molar refractivity (Wildman–Crippen MR) is 59.6 cm³/mol. The van der Waals surface area contributed by atoms with Gasteiger partial charge in [0.25, 0.3) is 0 Å². The Balaban J connectivity index is 0.00000112. The van der Waals surface area contributed by atoms with Crippen LogP contribution >= 0.6 is 12.4 Å². The normalized spacial score (nSPS) is 29.9. The number of benzene rings is 1. The molecule has 0 spiro atoms. The molecule has 2 atom stereocenters. The molecule has 4 heteroatoms. The number of nitrogens with one attached hydrogen (secondary N) is 1. The van der Waals surface area contributed by atoms with Gasteiger partial charge in [0.1, 0.15) is 5.82 Å². The van der Waals surface area contributed by atoms with Crippen molar-refractivity contribution in [1.29, 1.82) is 0 Å². The summed E-state index contributed by atoms with van der Waals surface area (Å²) in [6, 6.07) is 6.43. The summed E-state index contributed by atoms with van der Waals surface area (Å²) in [6.07, 6.45) is 0.378. The lowest BCUT2D eigenvalue weighted by molar-refractivity contribution is 0.186. The maximum absolute atomic E-state index is 12.7. The topological polar surface area (TPSA) is 32.3 Å². The summed E-state index contributed by atoms with van der Waals surface area (Å²) in [5.74, 6) is -0.226. The Kier molecular flexibility index (Phi) is 3.71. The average molecular weight is 232 g/mol. The molecule has 1 aliphatic heterocycles. The first-order valence-electron chi connectivity index (χ1n) is 4.79. The van der Waals surface area contributed by atoms with Gasteiger partial charge >= 0.3 is 0 Å². The molecule has 2 rings (SSSR count). The molecular weight excluding hydrogens is 217 g/mol. The quantitative estimate of drug-likeness (QED) is 0.773. The SMILES string of the molecule is CC1(c2ccc(F)cc2)CC(O)CN1.Cl. The number of halogens is 2. The highest BCUT2D eigenvalue weighted by atomic mass is 35.5. The monoisotopic (exact) mass is 231 g/mol. The Labute approximate surface area is 94.9 Å². The first kappa shape index (κ1) is 12.4. The standard InChI is InChI=1S/C11H14FNO.ClH/c1-11(6-10(14)7-13-11)8-2-4-9(12)5-3-8;/h2-5,10,13-14H,6-7H2,1H3;1H. The number of hydrogen-bond acceptors (Lipinski definition) is 2. The third-order valence-corrected chi connectivity index (χ3v) is 2.85. The zero-order valence-corrected chi connectivity index (χ0v) is 9.35. The minimum absolute atomic E-state index is 0. The van der Waals surface area contributed by atoms with Crippen molar-refractivity contribution in [2.75, 3.05) is 6.54 Å². The lowest BCUT2D eigenvalue weighted by atomic mass is 9.90. The largest absolute Gasteiger partial charge is 0.392 e. The second-order valence-electron chi connectivity index (χ2n) is 4.08. The molecule has 0 radical (unpaired) electrons. The van der Waals surface area contributed by atoms with E-state index in [1.165, 1.54) is 12.1 Å². The number of hydrogen-bond donors (Lipinski definition) is 2. The van der Waals surface area contributed by atoms with E-state index in [0.29, 0.717) is 13.0 Å². The van der Waals surface area contributed by atoms with Crippen molar-refractivity contribution in [2.45, 2.75) is 25.0 Å². The fraction of sp³-hybridized carbons (Fsp3) is 0.455. The molecule has 0 aromatic heterocycles. The number of rotatable bonds is 1. The third-order valence-electron chi connectivity index (χ3n) is 2.85. The van der Waals surface area contributed by atoms with Crippen LogP contribution in [0.1, 0.15) is 18.9 Å². The summed E-state index contributed by atoms with van der Waals surface area (Å²) in [7, 11) is 0. The summed E-state index contributed by atoms with van der Waals surface area (Å²) < 4.78 is 12.7. The van der Waals surface area contributed by atoms with Crippen LogP contribution in [0.15, 0.2) is 24.3 Å². The van der Waals surface area contributed by atoms with E-state index in [1.54, 1.807) is 12.1 Å². The van der Waals surface area contributed by atoms with Crippen LogP contribution in [0.3, 0.4) is 0 Å². The molecular formula is C11H15ClFNO. The van der Waals surface area contributed by atoms with Crippen molar-refractivity contribution in [3.05, 3.63) is 35.6 Å². The first-order valence-corrected chi connectivity index (χ1v) is 4.79. The second-order valence-corrected chi connectivity index (χ2v) is 4.08. The molecule has 1 heterocycles. The van der Waals surface area contributed by atoms with Crippen LogP contribution in [-0.4, -0.2) is 17.8 Å².